The molecule has 8 nitrogen and oxygen atoms in total. The molecule has 0 bridgehead atoms. The van der Waals surface area contributed by atoms with E-state index in [1.165, 1.54) is 5.56 Å². The maximum atomic E-state index is 13.4. The van der Waals surface area contributed by atoms with Gasteiger partial charge < -0.3 is 14.3 Å². The van der Waals surface area contributed by atoms with Crippen molar-refractivity contribution in [2.45, 2.75) is 19.9 Å². The number of carbonyl (C=O) groups is 1. The van der Waals surface area contributed by atoms with E-state index in [0.717, 1.165) is 44.1 Å². The molecule has 0 aliphatic carbocycles. The Balaban J connectivity index is 1.30. The second-order valence-corrected chi connectivity index (χ2v) is 7.70. The zero-order valence-electron chi connectivity index (χ0n) is 17.0. The lowest BCUT2D eigenvalue weighted by atomic mass is 10.1. The molecule has 1 amide bonds. The topological polar surface area (TPSA) is 78.6 Å². The van der Waals surface area contributed by atoms with Gasteiger partial charge in [0.15, 0.2) is 5.82 Å². The summed E-state index contributed by atoms with van der Waals surface area (Å²) in [5, 5.41) is 3.98. The van der Waals surface area contributed by atoms with E-state index in [1.807, 2.05) is 35.2 Å². The number of aryl methyl sites for hydroxylation is 1. The molecule has 0 spiro atoms. The number of benzene rings is 1. The van der Waals surface area contributed by atoms with Crippen molar-refractivity contribution in [3.63, 3.8) is 0 Å². The van der Waals surface area contributed by atoms with Gasteiger partial charge in [0.25, 0.3) is 5.91 Å². The Morgan fingerprint density at radius 3 is 2.70 bits per heavy atom. The normalized spacial score (nSPS) is 16.7. The first-order chi connectivity index (χ1) is 14.7. The van der Waals surface area contributed by atoms with Gasteiger partial charge in [-0.1, -0.05) is 23.4 Å². The summed E-state index contributed by atoms with van der Waals surface area (Å²) in [7, 11) is 0. The van der Waals surface area contributed by atoms with Gasteiger partial charge in [-0.25, -0.2) is 4.98 Å². The molecular weight excluding hydrogens is 380 g/mol. The molecule has 0 atom stereocenters. The fourth-order valence-electron chi connectivity index (χ4n) is 4.23. The molecule has 0 N–H and O–H groups in total. The number of para-hydroxylation sites is 1. The fraction of sp³-hybridized carbons (Fsp3) is 0.364. The summed E-state index contributed by atoms with van der Waals surface area (Å²) in [6.07, 6.45) is 2.66. The second kappa shape index (κ2) is 7.87. The molecule has 30 heavy (non-hydrogen) atoms. The van der Waals surface area contributed by atoms with E-state index in [0.29, 0.717) is 30.4 Å². The molecular formula is C22H24N6O2. The Kier molecular flexibility index (Phi) is 4.92. The summed E-state index contributed by atoms with van der Waals surface area (Å²) < 4.78 is 5.06. The minimum Gasteiger partial charge on any atom is -0.353 e. The number of nitrogens with zero attached hydrogens (tertiary/aromatic N) is 6. The van der Waals surface area contributed by atoms with Crippen molar-refractivity contribution in [2.24, 2.45) is 0 Å². The van der Waals surface area contributed by atoms with Crippen molar-refractivity contribution < 1.29 is 9.32 Å². The summed E-state index contributed by atoms with van der Waals surface area (Å²) in [6.45, 7) is 6.48. The molecule has 2 aliphatic heterocycles. The molecule has 5 rings (SSSR count). The zero-order chi connectivity index (χ0) is 20.5. The number of anilines is 2. The molecule has 3 aromatic rings. The van der Waals surface area contributed by atoms with Crippen molar-refractivity contribution in [1.29, 1.82) is 0 Å². The van der Waals surface area contributed by atoms with Crippen LogP contribution in [0.25, 0.3) is 0 Å². The maximum Gasteiger partial charge on any atom is 0.262 e. The van der Waals surface area contributed by atoms with Crippen LogP contribution in [0.15, 0.2) is 47.1 Å². The Labute approximate surface area is 175 Å². The predicted octanol–water partition coefficient (Wildman–Crippen LogP) is 2.30. The van der Waals surface area contributed by atoms with Crippen LogP contribution in [-0.2, 0) is 13.0 Å². The van der Waals surface area contributed by atoms with Gasteiger partial charge in [-0.05, 0) is 30.2 Å². The molecule has 1 saturated heterocycles. The van der Waals surface area contributed by atoms with Crippen LogP contribution in [0.2, 0.25) is 0 Å². The number of piperazine rings is 1. The summed E-state index contributed by atoms with van der Waals surface area (Å²) in [5.41, 5.74) is 2.90. The highest BCUT2D eigenvalue weighted by molar-refractivity contribution is 6.10. The highest BCUT2D eigenvalue weighted by Crippen LogP contribution is 2.30. The summed E-state index contributed by atoms with van der Waals surface area (Å²) >= 11 is 0. The Bertz CT molecular complexity index is 1060. The number of rotatable bonds is 4. The van der Waals surface area contributed by atoms with Gasteiger partial charge in [0.1, 0.15) is 5.82 Å². The summed E-state index contributed by atoms with van der Waals surface area (Å²) in [5.74, 6) is 2.08. The Hall–Kier alpha value is -3.26. The molecule has 154 valence electrons. The summed E-state index contributed by atoms with van der Waals surface area (Å²) in [6, 6.07) is 11.9. The fourth-order valence-corrected chi connectivity index (χ4v) is 4.23. The minimum atomic E-state index is 0.0211. The van der Waals surface area contributed by atoms with E-state index >= 15 is 0 Å². The highest BCUT2D eigenvalue weighted by Gasteiger charge is 2.29. The minimum absolute atomic E-state index is 0.0211. The number of hydrogen-bond donors (Lipinski definition) is 0. The lowest BCUT2D eigenvalue weighted by molar-refractivity contribution is 0.0989. The van der Waals surface area contributed by atoms with E-state index in [2.05, 4.69) is 31.0 Å². The van der Waals surface area contributed by atoms with E-state index in [9.17, 15) is 4.79 Å². The number of carbonyl (C=O) groups excluding carboxylic acids is 1. The highest BCUT2D eigenvalue weighted by atomic mass is 16.5. The number of aromatic nitrogens is 3. The second-order valence-electron chi connectivity index (χ2n) is 7.70. The third-order valence-electron chi connectivity index (χ3n) is 5.76. The van der Waals surface area contributed by atoms with E-state index in [-0.39, 0.29) is 5.91 Å². The van der Waals surface area contributed by atoms with Crippen LogP contribution in [-0.4, -0.2) is 58.7 Å². The predicted molar refractivity (Wildman–Crippen MR) is 113 cm³/mol. The van der Waals surface area contributed by atoms with Crippen LogP contribution in [0.3, 0.4) is 0 Å². The average Bonchev–Trinajstić information content (AvgIpc) is 3.40. The van der Waals surface area contributed by atoms with Crippen LogP contribution >= 0.6 is 0 Å². The van der Waals surface area contributed by atoms with Crippen molar-refractivity contribution in [3.8, 4) is 0 Å². The van der Waals surface area contributed by atoms with Crippen LogP contribution in [0.1, 0.15) is 27.6 Å². The van der Waals surface area contributed by atoms with Gasteiger partial charge in [-0.15, -0.1) is 0 Å². The van der Waals surface area contributed by atoms with Crippen LogP contribution in [0, 0.1) is 6.92 Å². The first kappa shape index (κ1) is 18.7. The molecule has 1 fully saturated rings. The van der Waals surface area contributed by atoms with Crippen LogP contribution in [0.5, 0.6) is 0 Å². The molecule has 4 heterocycles. The lowest BCUT2D eigenvalue weighted by Gasteiger charge is -2.35. The molecule has 0 unspecified atom stereocenters. The van der Waals surface area contributed by atoms with Crippen molar-refractivity contribution in [2.75, 3.05) is 42.5 Å². The van der Waals surface area contributed by atoms with E-state index in [1.54, 1.807) is 13.1 Å². The van der Waals surface area contributed by atoms with Gasteiger partial charge in [-0.3, -0.25) is 9.69 Å². The lowest BCUT2D eigenvalue weighted by Crippen LogP contribution is -2.47. The van der Waals surface area contributed by atoms with Crippen molar-refractivity contribution >= 4 is 17.4 Å². The number of amides is 1. The molecule has 8 heteroatoms. The maximum absolute atomic E-state index is 13.4. The smallest absolute Gasteiger partial charge is 0.262 e. The van der Waals surface area contributed by atoms with Gasteiger partial charge in [-0.2, -0.15) is 4.98 Å². The van der Waals surface area contributed by atoms with Gasteiger partial charge in [0.2, 0.25) is 5.89 Å². The summed E-state index contributed by atoms with van der Waals surface area (Å²) in [4.78, 5) is 28.6. The molecule has 1 aromatic carbocycles. The van der Waals surface area contributed by atoms with E-state index in [4.69, 9.17) is 4.52 Å². The SMILES string of the molecule is Cc1nc(CN2CCN(c3ncccc3C(=O)N3CCc4ccccc43)CC2)no1. The van der Waals surface area contributed by atoms with Crippen LogP contribution < -0.4 is 9.80 Å². The monoisotopic (exact) mass is 404 g/mol. The van der Waals surface area contributed by atoms with Gasteiger partial charge >= 0.3 is 0 Å². The Morgan fingerprint density at radius 2 is 1.90 bits per heavy atom. The average molecular weight is 404 g/mol. The largest absolute Gasteiger partial charge is 0.353 e. The molecule has 0 saturated carbocycles. The van der Waals surface area contributed by atoms with Crippen molar-refractivity contribution in [3.05, 3.63) is 65.4 Å². The molecule has 0 radical (unpaired) electrons. The zero-order valence-corrected chi connectivity index (χ0v) is 17.0. The third-order valence-corrected chi connectivity index (χ3v) is 5.76. The Morgan fingerprint density at radius 1 is 1.07 bits per heavy atom. The molecule has 2 aliphatic rings. The first-order valence-corrected chi connectivity index (χ1v) is 10.3. The van der Waals surface area contributed by atoms with Crippen molar-refractivity contribution in [1.82, 2.24) is 20.0 Å². The third kappa shape index (κ3) is 3.54. The van der Waals surface area contributed by atoms with Gasteiger partial charge in [0, 0.05) is 51.5 Å². The first-order valence-electron chi connectivity index (χ1n) is 10.3. The van der Waals surface area contributed by atoms with E-state index < -0.39 is 0 Å². The quantitative estimate of drug-likeness (QED) is 0.660. The number of hydrogen-bond acceptors (Lipinski definition) is 7. The number of pyridine rings is 1. The standard InChI is InChI=1S/C22H24N6O2/c1-16-24-20(25-30-16)15-26-11-13-27(14-12-26)21-18(6-4-9-23-21)22(29)28-10-8-17-5-2-3-7-19(17)28/h2-7,9H,8,10-15H2,1H3. The van der Waals surface area contributed by atoms with Crippen LogP contribution in [0.4, 0.5) is 11.5 Å². The van der Waals surface area contributed by atoms with Gasteiger partial charge in [0.05, 0.1) is 12.1 Å². The molecule has 2 aromatic heterocycles. The number of fused-ring (bicyclic) bond motifs is 1.